The van der Waals surface area contributed by atoms with Crippen LogP contribution in [0, 0.1) is 24.5 Å². The summed E-state index contributed by atoms with van der Waals surface area (Å²) in [5, 5.41) is 11.7. The monoisotopic (exact) mass is 561 g/mol. The van der Waals surface area contributed by atoms with Crippen molar-refractivity contribution in [1.82, 2.24) is 15.0 Å². The first-order valence-corrected chi connectivity index (χ1v) is 13.6. The number of para-hydroxylation sites is 2. The second-order valence-electron chi connectivity index (χ2n) is 8.85. The molecule has 0 radical (unpaired) electrons. The number of ether oxygens (including phenoxy) is 3. The molecule has 4 rings (SSSR count). The van der Waals surface area contributed by atoms with Gasteiger partial charge in [0.25, 0.3) is 15.9 Å². The van der Waals surface area contributed by atoms with E-state index in [-0.39, 0.29) is 46.6 Å². The molecule has 4 aromatic rings. The van der Waals surface area contributed by atoms with Gasteiger partial charge in [0.05, 0.1) is 7.11 Å². The summed E-state index contributed by atoms with van der Waals surface area (Å²) >= 11 is 0. The Hall–Kier alpha value is -4.89. The summed E-state index contributed by atoms with van der Waals surface area (Å²) in [5.41, 5.74) is 1.68. The molecule has 1 N–H and O–H groups in total. The third-order valence-corrected chi connectivity index (χ3v) is 6.95. The Morgan fingerprint density at radius 3 is 2.50 bits per heavy atom. The van der Waals surface area contributed by atoms with E-state index in [9.17, 15) is 13.6 Å². The first-order valence-electron chi connectivity index (χ1n) is 12.1. The Bertz CT molecular complexity index is 1670. The van der Waals surface area contributed by atoms with Crippen molar-refractivity contribution in [2.45, 2.75) is 31.7 Å². The van der Waals surface area contributed by atoms with Crippen molar-refractivity contribution < 1.29 is 27.4 Å². The first kappa shape index (κ1) is 28.1. The zero-order chi connectivity index (χ0) is 28.9. The Kier molecular flexibility index (Phi) is 8.35. The van der Waals surface area contributed by atoms with Gasteiger partial charge in [-0.15, -0.1) is 6.42 Å². The second kappa shape index (κ2) is 11.9. The Morgan fingerprint density at radius 1 is 1.12 bits per heavy atom. The molecule has 3 aromatic heterocycles. The average molecular weight is 562 g/mol. The molecule has 0 fully saturated rings. The number of anilines is 1. The van der Waals surface area contributed by atoms with Gasteiger partial charge < -0.3 is 19.4 Å². The summed E-state index contributed by atoms with van der Waals surface area (Å²) in [7, 11) is -2.78. The number of methoxy groups -OCH3 is 1. The van der Waals surface area contributed by atoms with Crippen molar-refractivity contribution in [2.75, 3.05) is 18.4 Å². The summed E-state index contributed by atoms with van der Waals surface area (Å²) < 4.78 is 47.2. The smallest absolute Gasteiger partial charge is 0.280 e. The van der Waals surface area contributed by atoms with Gasteiger partial charge in [-0.05, 0) is 29.7 Å². The van der Waals surface area contributed by atoms with Crippen LogP contribution in [-0.2, 0) is 10.0 Å². The van der Waals surface area contributed by atoms with Crippen LogP contribution in [0.5, 0.6) is 23.1 Å². The first-order chi connectivity index (χ1) is 19.1. The highest BCUT2D eigenvalue weighted by Crippen LogP contribution is 2.41. The van der Waals surface area contributed by atoms with Crippen LogP contribution in [-0.4, -0.2) is 37.1 Å². The third kappa shape index (κ3) is 6.22. The summed E-state index contributed by atoms with van der Waals surface area (Å²) in [6, 6.07) is 12.9. The number of aryl methyl sites for hydroxylation is 1. The minimum Gasteiger partial charge on any atom is -0.619 e. The molecule has 0 unspecified atom stereocenters. The number of terminal acetylenes is 1. The van der Waals surface area contributed by atoms with E-state index in [4.69, 9.17) is 20.6 Å². The van der Waals surface area contributed by atoms with Gasteiger partial charge in [-0.25, -0.2) is 9.97 Å². The molecule has 0 bridgehead atoms. The highest BCUT2D eigenvalue weighted by Gasteiger charge is 2.26. The lowest BCUT2D eigenvalue weighted by atomic mass is 10.1. The molecule has 0 aliphatic rings. The van der Waals surface area contributed by atoms with Crippen LogP contribution in [0.3, 0.4) is 0 Å². The van der Waals surface area contributed by atoms with Crippen molar-refractivity contribution in [1.29, 1.82) is 0 Å². The summed E-state index contributed by atoms with van der Waals surface area (Å²) in [6.45, 7) is 5.37. The summed E-state index contributed by atoms with van der Waals surface area (Å²) in [5.74, 6) is 2.67. The maximum absolute atomic E-state index is 13.5. The number of rotatable bonds is 10. The molecule has 0 atom stereocenters. The van der Waals surface area contributed by atoms with Crippen molar-refractivity contribution >= 4 is 15.8 Å². The van der Waals surface area contributed by atoms with E-state index in [1.165, 1.54) is 31.6 Å². The standard InChI is InChI=1S/C28H27N5O6S/c1-6-15-38-28-25(39-23-10-8-7-9-22(23)37-5)27(30-26(31-28)20-13-14-33(34)19(4)16-20)32-40(35,36)24-12-11-21(17-29-24)18(2)3/h1,7-14,16-18H,15H2,2-5H3,(H,30,31,32). The van der Waals surface area contributed by atoms with Crippen LogP contribution in [0.2, 0.25) is 0 Å². The van der Waals surface area contributed by atoms with Gasteiger partial charge in [-0.2, -0.15) is 18.1 Å². The maximum Gasteiger partial charge on any atom is 0.280 e. The molecule has 0 amide bonds. The second-order valence-corrected chi connectivity index (χ2v) is 10.5. The lowest BCUT2D eigenvalue weighted by Crippen LogP contribution is -2.28. The number of aromatic nitrogens is 4. The van der Waals surface area contributed by atoms with Crippen molar-refractivity contribution in [3.63, 3.8) is 0 Å². The van der Waals surface area contributed by atoms with Gasteiger partial charge in [0.2, 0.25) is 5.75 Å². The molecule has 0 spiro atoms. The van der Waals surface area contributed by atoms with E-state index in [0.717, 1.165) is 5.56 Å². The van der Waals surface area contributed by atoms with Gasteiger partial charge in [-0.1, -0.05) is 38.0 Å². The molecule has 12 heteroatoms. The number of hydrogen-bond donors (Lipinski definition) is 1. The van der Waals surface area contributed by atoms with Crippen LogP contribution in [0.1, 0.15) is 31.0 Å². The number of hydrogen-bond acceptors (Lipinski definition) is 9. The van der Waals surface area contributed by atoms with E-state index in [1.807, 2.05) is 13.8 Å². The topological polar surface area (TPSA) is 139 Å². The Balaban J connectivity index is 1.89. The van der Waals surface area contributed by atoms with E-state index in [2.05, 4.69) is 25.6 Å². The van der Waals surface area contributed by atoms with Crippen LogP contribution in [0.4, 0.5) is 5.82 Å². The number of benzene rings is 1. The van der Waals surface area contributed by atoms with Crippen molar-refractivity contribution in [3.05, 3.63) is 77.4 Å². The molecular formula is C28H27N5O6S. The van der Waals surface area contributed by atoms with Crippen LogP contribution < -0.4 is 23.7 Å². The molecule has 0 aliphatic heterocycles. The number of nitrogens with zero attached hydrogens (tertiary/aromatic N) is 4. The molecule has 40 heavy (non-hydrogen) atoms. The van der Waals surface area contributed by atoms with Gasteiger partial charge >= 0.3 is 0 Å². The number of pyridine rings is 2. The predicted molar refractivity (Wildman–Crippen MR) is 148 cm³/mol. The molecule has 0 aliphatic carbocycles. The SMILES string of the molecule is C#CCOc1nc(-c2cc[n+]([O-])c(C)c2)nc(NS(=O)(=O)c2ccc(C(C)C)cn2)c1Oc1ccccc1OC. The fourth-order valence-corrected chi connectivity index (χ4v) is 4.49. The molecule has 1 aromatic carbocycles. The third-order valence-electron chi connectivity index (χ3n) is 5.70. The fourth-order valence-electron chi connectivity index (χ4n) is 3.55. The van der Waals surface area contributed by atoms with Gasteiger partial charge in [0.15, 0.2) is 46.7 Å². The largest absolute Gasteiger partial charge is 0.619 e. The Morgan fingerprint density at radius 2 is 1.88 bits per heavy atom. The quantitative estimate of drug-likeness (QED) is 0.171. The lowest BCUT2D eigenvalue weighted by Gasteiger charge is -2.18. The van der Waals surface area contributed by atoms with E-state index in [0.29, 0.717) is 21.7 Å². The van der Waals surface area contributed by atoms with Crippen LogP contribution >= 0.6 is 0 Å². The van der Waals surface area contributed by atoms with E-state index in [1.54, 1.807) is 43.3 Å². The molecule has 206 valence electrons. The zero-order valence-electron chi connectivity index (χ0n) is 22.3. The zero-order valence-corrected chi connectivity index (χ0v) is 23.1. The molecule has 0 saturated carbocycles. The van der Waals surface area contributed by atoms with Crippen LogP contribution in [0.15, 0.2) is 66.0 Å². The average Bonchev–Trinajstić information content (AvgIpc) is 2.94. The van der Waals surface area contributed by atoms with E-state index >= 15 is 0 Å². The normalized spacial score (nSPS) is 11.1. The van der Waals surface area contributed by atoms with Gasteiger partial charge in [-0.3, -0.25) is 4.72 Å². The predicted octanol–water partition coefficient (Wildman–Crippen LogP) is 4.22. The lowest BCUT2D eigenvalue weighted by molar-refractivity contribution is -0.612. The molecule has 0 saturated heterocycles. The van der Waals surface area contributed by atoms with Crippen molar-refractivity contribution in [2.24, 2.45) is 0 Å². The molecular weight excluding hydrogens is 534 g/mol. The highest BCUT2D eigenvalue weighted by molar-refractivity contribution is 7.92. The summed E-state index contributed by atoms with van der Waals surface area (Å²) in [4.78, 5) is 13.0. The molecule has 3 heterocycles. The van der Waals surface area contributed by atoms with E-state index < -0.39 is 10.0 Å². The molecule has 11 nitrogen and oxygen atoms in total. The van der Waals surface area contributed by atoms with Gasteiger partial charge in [0.1, 0.15) is 0 Å². The minimum absolute atomic E-state index is 0.0592. The Labute approximate surface area is 232 Å². The minimum atomic E-state index is -4.25. The number of nitrogens with one attached hydrogen (secondary N) is 1. The fraction of sp³-hybridized carbons (Fsp3) is 0.214. The summed E-state index contributed by atoms with van der Waals surface area (Å²) in [6.07, 6.45) is 8.22. The number of sulfonamides is 1. The maximum atomic E-state index is 13.5. The highest BCUT2D eigenvalue weighted by atomic mass is 32.2. The van der Waals surface area contributed by atoms with Crippen LogP contribution in [0.25, 0.3) is 11.4 Å². The van der Waals surface area contributed by atoms with Gasteiger partial charge in [0, 0.05) is 30.8 Å². The van der Waals surface area contributed by atoms with Crippen molar-refractivity contribution in [3.8, 4) is 46.9 Å².